The molecule has 2 aromatic heterocycles. The molecule has 1 aromatic carbocycles. The average Bonchev–Trinajstić information content (AvgIpc) is 2.98. The van der Waals surface area contributed by atoms with E-state index in [-0.39, 0.29) is 22.6 Å². The molecule has 0 radical (unpaired) electrons. The first-order valence-electron chi connectivity index (χ1n) is 7.58. The number of amides is 2. The molecule has 0 unspecified atom stereocenters. The fourth-order valence-corrected chi connectivity index (χ4v) is 2.69. The smallest absolute Gasteiger partial charge is 0.264 e. The summed E-state index contributed by atoms with van der Waals surface area (Å²) in [6.45, 7) is 0. The summed E-state index contributed by atoms with van der Waals surface area (Å²) < 4.78 is 1.45. The third-order valence-electron chi connectivity index (χ3n) is 3.86. The Morgan fingerprint density at radius 1 is 1.00 bits per heavy atom. The number of nitrogens with zero attached hydrogens (tertiary/aromatic N) is 3. The number of nitrogens with two attached hydrogens (primary N) is 1. The number of hydrogen-bond donors (Lipinski definition) is 2. The van der Waals surface area contributed by atoms with Gasteiger partial charge in [0.2, 0.25) is 0 Å². The number of pyridine rings is 1. The van der Waals surface area contributed by atoms with Crippen LogP contribution < -0.4 is 11.1 Å². The number of anilines is 1. The molecule has 3 heterocycles. The number of imide groups is 1. The van der Waals surface area contributed by atoms with Crippen LogP contribution in [0.1, 0.15) is 21.7 Å². The number of benzene rings is 1. The minimum absolute atomic E-state index is 0.179. The largest absolute Gasteiger partial charge is 0.383 e. The van der Waals surface area contributed by atoms with E-state index < -0.39 is 11.8 Å². The van der Waals surface area contributed by atoms with Crippen LogP contribution in [-0.4, -0.2) is 26.6 Å². The van der Waals surface area contributed by atoms with Crippen molar-refractivity contribution in [3.05, 3.63) is 71.7 Å². The Labute approximate surface area is 142 Å². The van der Waals surface area contributed by atoms with Crippen molar-refractivity contribution in [2.75, 3.05) is 5.73 Å². The highest BCUT2D eigenvalue weighted by atomic mass is 16.2. The van der Waals surface area contributed by atoms with Crippen LogP contribution in [-0.2, 0) is 4.79 Å². The van der Waals surface area contributed by atoms with Gasteiger partial charge in [-0.05, 0) is 30.3 Å². The van der Waals surface area contributed by atoms with Gasteiger partial charge in [-0.25, -0.2) is 4.68 Å². The van der Waals surface area contributed by atoms with Crippen molar-refractivity contribution in [1.82, 2.24) is 20.1 Å². The molecular formula is C18H13N5O2. The first kappa shape index (κ1) is 14.8. The Balaban J connectivity index is 1.92. The predicted octanol–water partition coefficient (Wildman–Crippen LogP) is 1.66. The molecule has 0 saturated carbocycles. The van der Waals surface area contributed by atoms with Gasteiger partial charge in [0.15, 0.2) is 0 Å². The number of rotatable bonds is 2. The highest BCUT2D eigenvalue weighted by molar-refractivity contribution is 6.34. The van der Waals surface area contributed by atoms with Crippen molar-refractivity contribution in [2.24, 2.45) is 0 Å². The molecule has 0 fully saturated rings. The summed E-state index contributed by atoms with van der Waals surface area (Å²) in [7, 11) is 0. The average molecular weight is 331 g/mol. The van der Waals surface area contributed by atoms with E-state index in [9.17, 15) is 9.59 Å². The summed E-state index contributed by atoms with van der Waals surface area (Å²) in [5.41, 5.74) is 8.10. The zero-order chi connectivity index (χ0) is 17.4. The molecule has 0 aliphatic carbocycles. The second kappa shape index (κ2) is 5.72. The van der Waals surface area contributed by atoms with Gasteiger partial charge in [-0.1, -0.05) is 24.3 Å². The fourth-order valence-electron chi connectivity index (χ4n) is 2.69. The molecule has 0 spiro atoms. The van der Waals surface area contributed by atoms with Crippen LogP contribution in [0.5, 0.6) is 0 Å². The van der Waals surface area contributed by atoms with Gasteiger partial charge >= 0.3 is 0 Å². The molecule has 1 aliphatic heterocycles. The van der Waals surface area contributed by atoms with Crippen molar-refractivity contribution in [2.45, 2.75) is 0 Å². The van der Waals surface area contributed by atoms with Gasteiger partial charge in [0.25, 0.3) is 11.8 Å². The third-order valence-corrected chi connectivity index (χ3v) is 3.86. The third kappa shape index (κ3) is 2.47. The molecule has 122 valence electrons. The zero-order valence-electron chi connectivity index (χ0n) is 13.0. The summed E-state index contributed by atoms with van der Waals surface area (Å²) in [5.74, 6) is -0.906. The standard InChI is InChI=1S/C18H13N5O2/c19-16-14-15(22-23(16)12-7-2-1-3-8-12)13(17(24)21-18(14)25)10-11-6-4-5-9-20-11/h1-10H,19H2,(H,21,24,25)/b13-10+. The Morgan fingerprint density at radius 2 is 1.76 bits per heavy atom. The molecular weight excluding hydrogens is 318 g/mol. The second-order valence-corrected chi connectivity index (χ2v) is 5.45. The van der Waals surface area contributed by atoms with E-state index in [1.165, 1.54) is 4.68 Å². The second-order valence-electron chi connectivity index (χ2n) is 5.45. The number of fused-ring (bicyclic) bond motifs is 1. The minimum atomic E-state index is -0.558. The Morgan fingerprint density at radius 3 is 2.48 bits per heavy atom. The van der Waals surface area contributed by atoms with E-state index in [0.717, 1.165) is 0 Å². The maximum Gasteiger partial charge on any atom is 0.264 e. The number of carbonyl (C=O) groups excluding carboxylic acids is 2. The SMILES string of the molecule is Nc1c2c(nn1-c1ccccc1)/C(=C\c1ccccn1)C(=O)NC2=O. The van der Waals surface area contributed by atoms with Crippen LogP contribution in [0.2, 0.25) is 0 Å². The van der Waals surface area contributed by atoms with Crippen LogP contribution in [0.25, 0.3) is 17.3 Å². The summed E-state index contributed by atoms with van der Waals surface area (Å²) in [4.78, 5) is 28.7. The highest BCUT2D eigenvalue weighted by Crippen LogP contribution is 2.30. The Kier molecular flexibility index (Phi) is 3.39. The van der Waals surface area contributed by atoms with Crippen LogP contribution in [0.3, 0.4) is 0 Å². The molecule has 3 N–H and O–H groups in total. The number of nitrogen functional groups attached to an aromatic ring is 1. The van der Waals surface area contributed by atoms with E-state index >= 15 is 0 Å². The van der Waals surface area contributed by atoms with Crippen molar-refractivity contribution in [1.29, 1.82) is 0 Å². The molecule has 1 aliphatic rings. The molecule has 3 aromatic rings. The van der Waals surface area contributed by atoms with E-state index in [4.69, 9.17) is 5.73 Å². The lowest BCUT2D eigenvalue weighted by Crippen LogP contribution is -2.36. The van der Waals surface area contributed by atoms with E-state index in [1.807, 2.05) is 36.4 Å². The quantitative estimate of drug-likeness (QED) is 0.549. The highest BCUT2D eigenvalue weighted by Gasteiger charge is 2.34. The van der Waals surface area contributed by atoms with Crippen LogP contribution in [0.15, 0.2) is 54.7 Å². The lowest BCUT2D eigenvalue weighted by Gasteiger charge is -2.13. The van der Waals surface area contributed by atoms with Crippen molar-refractivity contribution >= 4 is 29.3 Å². The van der Waals surface area contributed by atoms with Crippen LogP contribution in [0.4, 0.5) is 5.82 Å². The molecule has 7 nitrogen and oxygen atoms in total. The normalized spacial score (nSPS) is 15.1. The molecule has 4 rings (SSSR count). The van der Waals surface area contributed by atoms with Gasteiger partial charge in [0.1, 0.15) is 17.1 Å². The lowest BCUT2D eigenvalue weighted by atomic mass is 10.0. The maximum absolute atomic E-state index is 12.3. The minimum Gasteiger partial charge on any atom is -0.383 e. The van der Waals surface area contributed by atoms with Crippen LogP contribution >= 0.6 is 0 Å². The summed E-state index contributed by atoms with van der Waals surface area (Å²) in [5, 5.41) is 6.72. The van der Waals surface area contributed by atoms with E-state index in [2.05, 4.69) is 15.4 Å². The topological polar surface area (TPSA) is 103 Å². The molecule has 25 heavy (non-hydrogen) atoms. The lowest BCUT2D eigenvalue weighted by molar-refractivity contribution is -0.114. The summed E-state index contributed by atoms with van der Waals surface area (Å²) >= 11 is 0. The van der Waals surface area contributed by atoms with Crippen molar-refractivity contribution in [3.8, 4) is 5.69 Å². The van der Waals surface area contributed by atoms with Gasteiger partial charge in [0.05, 0.1) is 17.0 Å². The number of para-hydroxylation sites is 1. The van der Waals surface area contributed by atoms with Crippen molar-refractivity contribution in [3.63, 3.8) is 0 Å². The van der Waals surface area contributed by atoms with Crippen LogP contribution in [0, 0.1) is 0 Å². The fraction of sp³-hybridized carbons (Fsp3) is 0. The number of aromatic nitrogens is 3. The van der Waals surface area contributed by atoms with E-state index in [1.54, 1.807) is 24.4 Å². The van der Waals surface area contributed by atoms with Gasteiger partial charge in [0, 0.05) is 6.20 Å². The molecule has 2 amide bonds. The number of hydrogen-bond acceptors (Lipinski definition) is 5. The number of carbonyl (C=O) groups is 2. The molecule has 0 atom stereocenters. The summed E-state index contributed by atoms with van der Waals surface area (Å²) in [6, 6.07) is 14.5. The van der Waals surface area contributed by atoms with Crippen molar-refractivity contribution < 1.29 is 9.59 Å². The first-order valence-corrected chi connectivity index (χ1v) is 7.58. The monoisotopic (exact) mass is 331 g/mol. The number of nitrogens with one attached hydrogen (secondary N) is 1. The molecule has 7 heteroatoms. The van der Waals surface area contributed by atoms with Gasteiger partial charge in [-0.2, -0.15) is 5.10 Å². The first-order chi connectivity index (χ1) is 12.1. The van der Waals surface area contributed by atoms with Gasteiger partial charge in [-0.15, -0.1) is 0 Å². The summed E-state index contributed by atoms with van der Waals surface area (Å²) in [6.07, 6.45) is 3.21. The van der Waals surface area contributed by atoms with E-state index in [0.29, 0.717) is 11.4 Å². The zero-order valence-corrected chi connectivity index (χ0v) is 13.0. The van der Waals surface area contributed by atoms with Gasteiger partial charge in [-0.3, -0.25) is 19.9 Å². The predicted molar refractivity (Wildman–Crippen MR) is 92.6 cm³/mol. The Bertz CT molecular complexity index is 1010. The maximum atomic E-state index is 12.3. The molecule has 0 saturated heterocycles. The van der Waals surface area contributed by atoms with Gasteiger partial charge < -0.3 is 5.73 Å². The molecule has 0 bridgehead atoms. The Hall–Kier alpha value is -3.74.